The maximum absolute atomic E-state index is 13.8. The molecular weight excluding hydrogens is 323 g/mol. The molecule has 0 amide bonds. The molecule has 4 nitrogen and oxygen atoms in total. The van der Waals surface area contributed by atoms with E-state index in [4.69, 9.17) is 17.3 Å². The summed E-state index contributed by atoms with van der Waals surface area (Å²) >= 11 is 7.36. The molecule has 1 aromatic rings. The van der Waals surface area contributed by atoms with E-state index in [1.54, 1.807) is 11.8 Å². The SMILES string of the molecule is Nc1cc(Cl)c(F)c(S(=O)(=O)NCC2CCCCS2)c1. The summed E-state index contributed by atoms with van der Waals surface area (Å²) in [5.41, 5.74) is 5.63. The fourth-order valence-electron chi connectivity index (χ4n) is 2.03. The molecule has 0 aliphatic carbocycles. The molecule has 0 radical (unpaired) electrons. The normalized spacial score (nSPS) is 20.0. The van der Waals surface area contributed by atoms with Crippen molar-refractivity contribution in [2.45, 2.75) is 29.4 Å². The van der Waals surface area contributed by atoms with Gasteiger partial charge in [-0.3, -0.25) is 0 Å². The van der Waals surface area contributed by atoms with E-state index in [-0.39, 0.29) is 16.0 Å². The summed E-state index contributed by atoms with van der Waals surface area (Å²) in [6.45, 7) is 0.291. The van der Waals surface area contributed by atoms with Crippen molar-refractivity contribution in [1.29, 1.82) is 0 Å². The van der Waals surface area contributed by atoms with Crippen molar-refractivity contribution in [1.82, 2.24) is 4.72 Å². The van der Waals surface area contributed by atoms with Crippen LogP contribution in [0.3, 0.4) is 0 Å². The quantitative estimate of drug-likeness (QED) is 0.828. The molecule has 112 valence electrons. The Balaban J connectivity index is 2.14. The van der Waals surface area contributed by atoms with Gasteiger partial charge in [0, 0.05) is 17.5 Å². The summed E-state index contributed by atoms with van der Waals surface area (Å²) in [4.78, 5) is -0.497. The lowest BCUT2D eigenvalue weighted by atomic mass is 10.2. The van der Waals surface area contributed by atoms with Gasteiger partial charge in [0.15, 0.2) is 5.82 Å². The van der Waals surface area contributed by atoms with Crippen LogP contribution < -0.4 is 10.5 Å². The van der Waals surface area contributed by atoms with Gasteiger partial charge in [-0.25, -0.2) is 17.5 Å². The molecule has 0 aromatic heterocycles. The van der Waals surface area contributed by atoms with Crippen LogP contribution in [0.4, 0.5) is 10.1 Å². The fourth-order valence-corrected chi connectivity index (χ4v) is 4.87. The van der Waals surface area contributed by atoms with Gasteiger partial charge in [-0.1, -0.05) is 18.0 Å². The standard InChI is InChI=1S/C12H16ClFN2O2S2/c13-10-5-8(15)6-11(12(10)14)20(17,18)16-7-9-3-1-2-4-19-9/h5-6,9,16H,1-4,7,15H2. The van der Waals surface area contributed by atoms with Gasteiger partial charge in [0.05, 0.1) is 5.02 Å². The second-order valence-corrected chi connectivity index (χ2v) is 8.21. The largest absolute Gasteiger partial charge is 0.399 e. The van der Waals surface area contributed by atoms with Crippen LogP contribution in [-0.4, -0.2) is 26.0 Å². The topological polar surface area (TPSA) is 72.2 Å². The minimum Gasteiger partial charge on any atom is -0.399 e. The fraction of sp³-hybridized carbons (Fsp3) is 0.500. The maximum Gasteiger partial charge on any atom is 0.243 e. The van der Waals surface area contributed by atoms with Gasteiger partial charge in [-0.2, -0.15) is 11.8 Å². The number of rotatable bonds is 4. The molecule has 0 bridgehead atoms. The van der Waals surface area contributed by atoms with Crippen molar-refractivity contribution >= 4 is 39.1 Å². The summed E-state index contributed by atoms with van der Waals surface area (Å²) in [7, 11) is -3.94. The zero-order valence-electron chi connectivity index (χ0n) is 10.7. The van der Waals surface area contributed by atoms with Gasteiger partial charge >= 0.3 is 0 Å². The zero-order valence-corrected chi connectivity index (χ0v) is 13.1. The van der Waals surface area contributed by atoms with E-state index in [2.05, 4.69) is 4.72 Å². The van der Waals surface area contributed by atoms with Crippen LogP contribution in [0.2, 0.25) is 5.02 Å². The van der Waals surface area contributed by atoms with Crippen LogP contribution in [-0.2, 0) is 10.0 Å². The third-order valence-electron chi connectivity index (χ3n) is 3.08. The average Bonchev–Trinajstić information content (AvgIpc) is 2.42. The van der Waals surface area contributed by atoms with Gasteiger partial charge in [-0.15, -0.1) is 0 Å². The number of benzene rings is 1. The smallest absolute Gasteiger partial charge is 0.243 e. The lowest BCUT2D eigenvalue weighted by Crippen LogP contribution is -2.32. The van der Waals surface area contributed by atoms with Crippen molar-refractivity contribution in [2.75, 3.05) is 18.0 Å². The lowest BCUT2D eigenvalue weighted by Gasteiger charge is -2.21. The second kappa shape index (κ2) is 6.51. The number of halogens is 2. The van der Waals surface area contributed by atoms with E-state index >= 15 is 0 Å². The molecule has 1 aliphatic rings. The van der Waals surface area contributed by atoms with E-state index in [0.29, 0.717) is 6.54 Å². The summed E-state index contributed by atoms with van der Waals surface area (Å²) in [5, 5.41) is -0.0597. The number of thioether (sulfide) groups is 1. The van der Waals surface area contributed by atoms with Crippen molar-refractivity contribution < 1.29 is 12.8 Å². The Hall–Kier alpha value is -0.500. The van der Waals surface area contributed by atoms with E-state index in [0.717, 1.165) is 31.1 Å². The highest BCUT2D eigenvalue weighted by Crippen LogP contribution is 2.27. The number of hydrogen-bond donors (Lipinski definition) is 2. The Morgan fingerprint density at radius 1 is 1.45 bits per heavy atom. The van der Waals surface area contributed by atoms with Crippen molar-refractivity contribution in [3.05, 3.63) is 23.0 Å². The Morgan fingerprint density at radius 3 is 2.85 bits per heavy atom. The van der Waals surface area contributed by atoms with Crippen LogP contribution in [0.15, 0.2) is 17.0 Å². The van der Waals surface area contributed by atoms with Gasteiger partial charge in [0.25, 0.3) is 0 Å². The number of nitrogen functional groups attached to an aromatic ring is 1. The Kier molecular flexibility index (Phi) is 5.17. The summed E-state index contributed by atoms with van der Waals surface area (Å²) in [6.07, 6.45) is 3.22. The molecule has 20 heavy (non-hydrogen) atoms. The van der Waals surface area contributed by atoms with Gasteiger partial charge < -0.3 is 5.73 Å². The van der Waals surface area contributed by atoms with Crippen molar-refractivity contribution in [2.24, 2.45) is 0 Å². The van der Waals surface area contributed by atoms with Crippen LogP contribution in [0, 0.1) is 5.82 Å². The molecule has 8 heteroatoms. The first-order valence-corrected chi connectivity index (χ1v) is 9.17. The number of anilines is 1. The van der Waals surface area contributed by atoms with Gasteiger partial charge in [-0.05, 0) is 30.7 Å². The number of nitrogens with two attached hydrogens (primary N) is 1. The number of sulfonamides is 1. The first-order valence-electron chi connectivity index (χ1n) is 6.26. The highest BCUT2D eigenvalue weighted by atomic mass is 35.5. The number of hydrogen-bond acceptors (Lipinski definition) is 4. The highest BCUT2D eigenvalue weighted by Gasteiger charge is 2.23. The third-order valence-corrected chi connectivity index (χ3v) is 6.18. The molecule has 1 aliphatic heterocycles. The predicted molar refractivity (Wildman–Crippen MR) is 81.1 cm³/mol. The van der Waals surface area contributed by atoms with Crippen LogP contribution >= 0.6 is 23.4 Å². The maximum atomic E-state index is 13.8. The van der Waals surface area contributed by atoms with Gasteiger partial charge in [0.1, 0.15) is 4.90 Å². The minimum absolute atomic E-state index is 0.115. The van der Waals surface area contributed by atoms with Gasteiger partial charge in [0.2, 0.25) is 10.0 Å². The van der Waals surface area contributed by atoms with Crippen LogP contribution in [0.5, 0.6) is 0 Å². The first kappa shape index (κ1) is 15.9. The van der Waals surface area contributed by atoms with Crippen LogP contribution in [0.25, 0.3) is 0 Å². The van der Waals surface area contributed by atoms with E-state index in [1.165, 1.54) is 6.07 Å². The summed E-state index contributed by atoms with van der Waals surface area (Å²) in [5.74, 6) is 0.0647. The first-order chi connectivity index (χ1) is 9.40. The molecule has 0 saturated carbocycles. The average molecular weight is 339 g/mol. The highest BCUT2D eigenvalue weighted by molar-refractivity contribution is 8.00. The molecule has 2 rings (SSSR count). The molecule has 1 fully saturated rings. The molecule has 1 aromatic carbocycles. The molecular formula is C12H16ClFN2O2S2. The molecule has 1 heterocycles. The van der Waals surface area contributed by atoms with E-state index in [9.17, 15) is 12.8 Å². The Morgan fingerprint density at radius 2 is 2.20 bits per heavy atom. The number of nitrogens with one attached hydrogen (secondary N) is 1. The van der Waals surface area contributed by atoms with Crippen molar-refractivity contribution in [3.8, 4) is 0 Å². The Bertz CT molecular complexity index is 589. The van der Waals surface area contributed by atoms with E-state index < -0.39 is 20.7 Å². The molecule has 3 N–H and O–H groups in total. The van der Waals surface area contributed by atoms with Crippen molar-refractivity contribution in [3.63, 3.8) is 0 Å². The lowest BCUT2D eigenvalue weighted by molar-refractivity contribution is 0.553. The summed E-state index contributed by atoms with van der Waals surface area (Å²) < 4.78 is 40.5. The van der Waals surface area contributed by atoms with E-state index in [1.807, 2.05) is 0 Å². The zero-order chi connectivity index (χ0) is 14.8. The minimum atomic E-state index is -3.94. The predicted octanol–water partition coefficient (Wildman–Crippen LogP) is 2.63. The molecule has 1 atom stereocenters. The molecule has 1 saturated heterocycles. The third kappa shape index (κ3) is 3.78. The monoisotopic (exact) mass is 338 g/mol. The molecule has 0 spiro atoms. The van der Waals surface area contributed by atoms with Crippen LogP contribution in [0.1, 0.15) is 19.3 Å². The Labute approximate surface area is 127 Å². The molecule has 1 unspecified atom stereocenters. The second-order valence-electron chi connectivity index (χ2n) is 4.66. The summed E-state index contributed by atoms with van der Waals surface area (Å²) in [6, 6.07) is 2.27.